The Hall–Kier alpha value is -3.93. The molecule has 1 aromatic heterocycles. The molecule has 12 heteroatoms. The van der Waals surface area contributed by atoms with E-state index in [-0.39, 0.29) is 44.6 Å². The van der Waals surface area contributed by atoms with Crippen LogP contribution in [0.5, 0.6) is 0 Å². The van der Waals surface area contributed by atoms with Crippen molar-refractivity contribution in [1.82, 2.24) is 31.0 Å². The van der Waals surface area contributed by atoms with Crippen molar-refractivity contribution in [3.8, 4) is 0 Å². The van der Waals surface area contributed by atoms with Crippen LogP contribution in [-0.4, -0.2) is 70.5 Å². The second-order valence-corrected chi connectivity index (χ2v) is 10.5. The summed E-state index contributed by atoms with van der Waals surface area (Å²) in [7, 11) is 0. The number of hydrogen-bond acceptors (Lipinski definition) is 7. The van der Waals surface area contributed by atoms with Crippen molar-refractivity contribution in [3.63, 3.8) is 0 Å². The molecule has 1 aromatic carbocycles. The summed E-state index contributed by atoms with van der Waals surface area (Å²) in [6, 6.07) is 7.20. The summed E-state index contributed by atoms with van der Waals surface area (Å²) in [5, 5.41) is 5.35. The molecular weight excluding hydrogens is 504 g/mol. The van der Waals surface area contributed by atoms with Gasteiger partial charge in [0, 0.05) is 31.0 Å². The van der Waals surface area contributed by atoms with E-state index >= 15 is 0 Å². The predicted octanol–water partition coefficient (Wildman–Crippen LogP) is 2.08. The molecule has 3 rings (SSSR count). The number of benzene rings is 1. The molecule has 212 valence electrons. The van der Waals surface area contributed by atoms with E-state index in [2.05, 4.69) is 26.1 Å². The normalized spacial score (nSPS) is 14.8. The quantitative estimate of drug-likeness (QED) is 0.335. The van der Waals surface area contributed by atoms with Crippen LogP contribution in [0.25, 0.3) is 0 Å². The number of aromatic amines is 1. The highest BCUT2D eigenvalue weighted by Crippen LogP contribution is 2.32. The van der Waals surface area contributed by atoms with Crippen LogP contribution >= 0.6 is 0 Å². The summed E-state index contributed by atoms with van der Waals surface area (Å²) in [5.41, 5.74) is 2.34. The standard InChI is InChI=1S/C27H38N6O6/c1-5-19-6-8-20(9-7-19)23(35)32-38-18-27(24(36)30-16-21-28-12-13-29-21)10-14-33(15-11-27)22(34)17-31-25(37)39-26(2,3)4/h6-9,12-13H,5,10-11,14-18H2,1-4H3,(H,28,29)(H,30,36)(H,31,37)(H,32,35). The number of hydrogen-bond donors (Lipinski definition) is 4. The Labute approximate surface area is 228 Å². The number of amides is 4. The maximum atomic E-state index is 13.3. The molecule has 4 N–H and O–H groups in total. The van der Waals surface area contributed by atoms with E-state index < -0.39 is 23.0 Å². The fourth-order valence-electron chi connectivity index (χ4n) is 4.13. The second kappa shape index (κ2) is 13.2. The number of aryl methyl sites for hydroxylation is 1. The molecule has 0 aliphatic carbocycles. The van der Waals surface area contributed by atoms with Crippen LogP contribution in [0.15, 0.2) is 36.7 Å². The Bertz CT molecular complexity index is 1120. The van der Waals surface area contributed by atoms with E-state index in [1.54, 1.807) is 50.2 Å². The van der Waals surface area contributed by atoms with Crippen LogP contribution in [0, 0.1) is 5.41 Å². The summed E-state index contributed by atoms with van der Waals surface area (Å²) < 4.78 is 5.17. The fourth-order valence-corrected chi connectivity index (χ4v) is 4.13. The highest BCUT2D eigenvalue weighted by Gasteiger charge is 2.43. The van der Waals surface area contributed by atoms with Crippen LogP contribution in [0.2, 0.25) is 0 Å². The number of alkyl carbamates (subject to hydrolysis) is 1. The third-order valence-electron chi connectivity index (χ3n) is 6.45. The number of hydroxylamine groups is 1. The maximum Gasteiger partial charge on any atom is 0.408 e. The van der Waals surface area contributed by atoms with Gasteiger partial charge in [0.2, 0.25) is 11.8 Å². The van der Waals surface area contributed by atoms with Gasteiger partial charge in [-0.15, -0.1) is 0 Å². The number of rotatable bonds is 10. The van der Waals surface area contributed by atoms with Gasteiger partial charge in [-0.2, -0.15) is 0 Å². The molecule has 0 unspecified atom stereocenters. The van der Waals surface area contributed by atoms with Crippen LogP contribution in [0.3, 0.4) is 0 Å². The number of nitrogens with zero attached hydrogens (tertiary/aromatic N) is 2. The van der Waals surface area contributed by atoms with Gasteiger partial charge in [0.15, 0.2) is 0 Å². The number of likely N-dealkylation sites (tertiary alicyclic amines) is 1. The molecule has 1 aliphatic heterocycles. The van der Waals surface area contributed by atoms with Crippen molar-refractivity contribution < 1.29 is 28.8 Å². The lowest BCUT2D eigenvalue weighted by atomic mass is 9.78. The fraction of sp³-hybridized carbons (Fsp3) is 0.519. The molecular formula is C27H38N6O6. The molecule has 0 atom stereocenters. The monoisotopic (exact) mass is 542 g/mol. The van der Waals surface area contributed by atoms with E-state index in [4.69, 9.17) is 9.57 Å². The van der Waals surface area contributed by atoms with Crippen molar-refractivity contribution in [1.29, 1.82) is 0 Å². The van der Waals surface area contributed by atoms with Crippen molar-refractivity contribution in [3.05, 3.63) is 53.6 Å². The highest BCUT2D eigenvalue weighted by atomic mass is 16.7. The van der Waals surface area contributed by atoms with E-state index in [9.17, 15) is 19.2 Å². The summed E-state index contributed by atoms with van der Waals surface area (Å²) >= 11 is 0. The first-order valence-electron chi connectivity index (χ1n) is 13.0. The Morgan fingerprint density at radius 1 is 1.08 bits per heavy atom. The summed E-state index contributed by atoms with van der Waals surface area (Å²) in [6.07, 6.45) is 4.06. The van der Waals surface area contributed by atoms with Gasteiger partial charge in [-0.1, -0.05) is 19.1 Å². The molecule has 1 fully saturated rings. The van der Waals surface area contributed by atoms with Crippen LogP contribution in [0.4, 0.5) is 4.79 Å². The van der Waals surface area contributed by atoms with E-state index in [0.29, 0.717) is 24.2 Å². The highest BCUT2D eigenvalue weighted by molar-refractivity contribution is 5.93. The number of carbonyl (C=O) groups excluding carboxylic acids is 4. The first kappa shape index (κ1) is 29.6. The average Bonchev–Trinajstić information content (AvgIpc) is 3.43. The lowest BCUT2D eigenvalue weighted by molar-refractivity contribution is -0.146. The van der Waals surface area contributed by atoms with Crippen molar-refractivity contribution >= 4 is 23.8 Å². The second-order valence-electron chi connectivity index (χ2n) is 10.5. The minimum atomic E-state index is -0.985. The largest absolute Gasteiger partial charge is 0.444 e. The average molecular weight is 543 g/mol. The van der Waals surface area contributed by atoms with Gasteiger partial charge in [0.1, 0.15) is 18.0 Å². The van der Waals surface area contributed by atoms with Gasteiger partial charge in [-0.25, -0.2) is 15.3 Å². The molecule has 0 spiro atoms. The predicted molar refractivity (Wildman–Crippen MR) is 142 cm³/mol. The van der Waals surface area contributed by atoms with E-state index in [0.717, 1.165) is 12.0 Å². The topological polar surface area (TPSA) is 155 Å². The number of H-pyrrole nitrogens is 1. The number of carbonyl (C=O) groups is 4. The summed E-state index contributed by atoms with van der Waals surface area (Å²) in [6.45, 7) is 7.71. The van der Waals surface area contributed by atoms with Gasteiger partial charge < -0.3 is 25.3 Å². The third kappa shape index (κ3) is 8.81. The van der Waals surface area contributed by atoms with Crippen molar-refractivity contribution in [2.24, 2.45) is 5.41 Å². The molecule has 39 heavy (non-hydrogen) atoms. The molecule has 2 aromatic rings. The molecule has 12 nitrogen and oxygen atoms in total. The summed E-state index contributed by atoms with van der Waals surface area (Å²) in [5.74, 6) is -0.358. The zero-order valence-corrected chi connectivity index (χ0v) is 23.0. The number of ether oxygens (including phenoxy) is 1. The molecule has 0 saturated carbocycles. The number of piperidine rings is 1. The zero-order chi connectivity index (χ0) is 28.5. The van der Waals surface area contributed by atoms with Gasteiger partial charge in [0.25, 0.3) is 5.91 Å². The molecule has 1 aliphatic rings. The van der Waals surface area contributed by atoms with Crippen LogP contribution in [0.1, 0.15) is 62.3 Å². The Morgan fingerprint density at radius 3 is 2.36 bits per heavy atom. The number of aromatic nitrogens is 2. The van der Waals surface area contributed by atoms with Gasteiger partial charge in [-0.3, -0.25) is 19.2 Å². The van der Waals surface area contributed by atoms with E-state index in [1.807, 2.05) is 19.1 Å². The minimum Gasteiger partial charge on any atom is -0.444 e. The van der Waals surface area contributed by atoms with E-state index in [1.165, 1.54) is 0 Å². The number of nitrogens with one attached hydrogen (secondary N) is 4. The van der Waals surface area contributed by atoms with Crippen LogP contribution in [-0.2, 0) is 32.1 Å². The van der Waals surface area contributed by atoms with Gasteiger partial charge >= 0.3 is 6.09 Å². The molecule has 1 saturated heterocycles. The molecule has 4 amide bonds. The van der Waals surface area contributed by atoms with Crippen LogP contribution < -0.4 is 16.1 Å². The lowest BCUT2D eigenvalue weighted by Crippen LogP contribution is -2.54. The Balaban J connectivity index is 1.58. The SMILES string of the molecule is CCc1ccc(C(=O)NOCC2(C(=O)NCc3ncc[nH]3)CCN(C(=O)CNC(=O)OC(C)(C)C)CC2)cc1. The smallest absolute Gasteiger partial charge is 0.408 e. The molecule has 0 radical (unpaired) electrons. The molecule has 2 heterocycles. The van der Waals surface area contributed by atoms with Crippen molar-refractivity contribution in [2.45, 2.75) is 59.1 Å². The molecule has 0 bridgehead atoms. The number of imidazole rings is 1. The lowest BCUT2D eigenvalue weighted by Gasteiger charge is -2.40. The van der Waals surface area contributed by atoms with Crippen molar-refractivity contribution in [2.75, 3.05) is 26.2 Å². The Kier molecular flexibility index (Phi) is 10.0. The maximum absolute atomic E-state index is 13.3. The van der Waals surface area contributed by atoms with Gasteiger partial charge in [0.05, 0.1) is 18.6 Å². The zero-order valence-electron chi connectivity index (χ0n) is 23.0. The first-order chi connectivity index (χ1) is 18.5. The third-order valence-corrected chi connectivity index (χ3v) is 6.45. The minimum absolute atomic E-state index is 0.0754. The first-order valence-corrected chi connectivity index (χ1v) is 13.0. The van der Waals surface area contributed by atoms with Gasteiger partial charge in [-0.05, 0) is 57.7 Å². The Morgan fingerprint density at radius 2 is 1.77 bits per heavy atom. The summed E-state index contributed by atoms with van der Waals surface area (Å²) in [4.78, 5) is 64.7.